The van der Waals surface area contributed by atoms with Crippen molar-refractivity contribution in [2.45, 2.75) is 12.8 Å². The van der Waals surface area contributed by atoms with Crippen LogP contribution in [0, 0.1) is 0 Å². The van der Waals surface area contributed by atoms with Gasteiger partial charge in [-0.25, -0.2) is 0 Å². The highest BCUT2D eigenvalue weighted by atomic mass is 35.5. The number of carbonyl (C=O) groups is 3. The number of amides is 2. The van der Waals surface area contributed by atoms with Crippen molar-refractivity contribution < 1.29 is 28.6 Å². The lowest BCUT2D eigenvalue weighted by atomic mass is 10.2. The van der Waals surface area contributed by atoms with Crippen LogP contribution in [0.4, 0.5) is 11.4 Å². The maximum atomic E-state index is 12.1. The van der Waals surface area contributed by atoms with Crippen molar-refractivity contribution in [3.05, 3.63) is 77.8 Å². The second-order valence-corrected chi connectivity index (χ2v) is 7.45. The Morgan fingerprint density at radius 1 is 0.765 bits per heavy atom. The molecule has 0 aromatic heterocycles. The summed E-state index contributed by atoms with van der Waals surface area (Å²) in [7, 11) is 1.54. The van der Waals surface area contributed by atoms with Gasteiger partial charge in [0.15, 0.2) is 6.61 Å². The standard InChI is InChI=1S/C25H23ClN2O6/c1-32-19-10-6-18(7-11-19)28-24(30)16-33-25(31)15-14-23(29)27-17-8-12-20(13-9-17)34-22-5-3-2-4-21(22)26/h2-13H,14-16H2,1H3,(H,27,29)(H,28,30). The second kappa shape index (κ2) is 12.3. The van der Waals surface area contributed by atoms with Crippen LogP contribution in [-0.4, -0.2) is 31.5 Å². The molecule has 9 heteroatoms. The second-order valence-electron chi connectivity index (χ2n) is 7.04. The lowest BCUT2D eigenvalue weighted by Crippen LogP contribution is -2.21. The average Bonchev–Trinajstić information content (AvgIpc) is 2.84. The highest BCUT2D eigenvalue weighted by Gasteiger charge is 2.11. The summed E-state index contributed by atoms with van der Waals surface area (Å²) in [4.78, 5) is 35.9. The van der Waals surface area contributed by atoms with Crippen molar-refractivity contribution in [1.29, 1.82) is 0 Å². The number of esters is 1. The third-order valence-electron chi connectivity index (χ3n) is 4.50. The Balaban J connectivity index is 1.36. The molecule has 3 aromatic carbocycles. The van der Waals surface area contributed by atoms with Crippen LogP contribution < -0.4 is 20.1 Å². The van der Waals surface area contributed by atoms with Gasteiger partial charge in [0.1, 0.15) is 17.2 Å². The number of carbonyl (C=O) groups excluding carboxylic acids is 3. The van der Waals surface area contributed by atoms with Gasteiger partial charge in [0.25, 0.3) is 5.91 Å². The molecule has 176 valence electrons. The Bertz CT molecular complexity index is 1130. The highest BCUT2D eigenvalue weighted by Crippen LogP contribution is 2.29. The first-order chi connectivity index (χ1) is 16.4. The summed E-state index contributed by atoms with van der Waals surface area (Å²) < 4.78 is 15.7. The number of anilines is 2. The Kier molecular flexibility index (Phi) is 8.88. The lowest BCUT2D eigenvalue weighted by Gasteiger charge is -2.09. The number of hydrogen-bond acceptors (Lipinski definition) is 6. The van der Waals surface area contributed by atoms with Gasteiger partial charge in [0.05, 0.1) is 18.6 Å². The van der Waals surface area contributed by atoms with E-state index < -0.39 is 18.5 Å². The maximum Gasteiger partial charge on any atom is 0.306 e. The molecule has 0 atom stereocenters. The number of benzene rings is 3. The molecule has 0 aliphatic heterocycles. The maximum absolute atomic E-state index is 12.1. The molecule has 0 saturated carbocycles. The van der Waals surface area contributed by atoms with E-state index >= 15 is 0 Å². The quantitative estimate of drug-likeness (QED) is 0.392. The molecule has 0 radical (unpaired) electrons. The van der Waals surface area contributed by atoms with Crippen molar-refractivity contribution >= 4 is 40.8 Å². The molecule has 2 amide bonds. The minimum atomic E-state index is -0.650. The van der Waals surface area contributed by atoms with Crippen molar-refractivity contribution in [2.24, 2.45) is 0 Å². The number of halogens is 1. The monoisotopic (exact) mass is 482 g/mol. The number of methoxy groups -OCH3 is 1. The average molecular weight is 483 g/mol. The number of para-hydroxylation sites is 1. The molecule has 0 bridgehead atoms. The summed E-state index contributed by atoms with van der Waals surface area (Å²) in [5.41, 5.74) is 1.09. The molecule has 8 nitrogen and oxygen atoms in total. The predicted octanol–water partition coefficient (Wildman–Crippen LogP) is 5.04. The van der Waals surface area contributed by atoms with Gasteiger partial charge in [-0.05, 0) is 60.7 Å². The molecule has 3 aromatic rings. The first-order valence-corrected chi connectivity index (χ1v) is 10.7. The van der Waals surface area contributed by atoms with E-state index in [9.17, 15) is 14.4 Å². The SMILES string of the molecule is COc1ccc(NC(=O)COC(=O)CCC(=O)Nc2ccc(Oc3ccccc3Cl)cc2)cc1. The Labute approximate surface area is 201 Å². The van der Waals surface area contributed by atoms with E-state index in [4.69, 9.17) is 25.8 Å². The van der Waals surface area contributed by atoms with Crippen LogP contribution in [0.25, 0.3) is 0 Å². The zero-order chi connectivity index (χ0) is 24.3. The summed E-state index contributed by atoms with van der Waals surface area (Å²) in [6.07, 6.45) is -0.244. The van der Waals surface area contributed by atoms with Gasteiger partial charge in [-0.15, -0.1) is 0 Å². The zero-order valence-corrected chi connectivity index (χ0v) is 19.1. The molecule has 0 spiro atoms. The molecule has 0 saturated heterocycles. The summed E-state index contributed by atoms with van der Waals surface area (Å²) in [5.74, 6) is 0.244. The Morgan fingerprint density at radius 2 is 1.35 bits per heavy atom. The van der Waals surface area contributed by atoms with Crippen molar-refractivity contribution in [2.75, 3.05) is 24.4 Å². The largest absolute Gasteiger partial charge is 0.497 e. The van der Waals surface area contributed by atoms with Gasteiger partial charge >= 0.3 is 5.97 Å². The minimum Gasteiger partial charge on any atom is -0.497 e. The minimum absolute atomic E-state index is 0.0865. The fraction of sp³-hybridized carbons (Fsp3) is 0.160. The first kappa shape index (κ1) is 24.6. The summed E-state index contributed by atoms with van der Waals surface area (Å²) >= 11 is 6.07. The van der Waals surface area contributed by atoms with Crippen LogP contribution >= 0.6 is 11.6 Å². The zero-order valence-electron chi connectivity index (χ0n) is 18.4. The number of rotatable bonds is 10. The third-order valence-corrected chi connectivity index (χ3v) is 4.81. The summed E-state index contributed by atoms with van der Waals surface area (Å²) in [5, 5.41) is 5.78. The van der Waals surface area contributed by atoms with Crippen molar-refractivity contribution in [3.63, 3.8) is 0 Å². The van der Waals surface area contributed by atoms with Crippen molar-refractivity contribution in [1.82, 2.24) is 0 Å². The van der Waals surface area contributed by atoms with E-state index in [1.807, 2.05) is 6.07 Å². The van der Waals surface area contributed by atoms with E-state index in [0.717, 1.165) is 0 Å². The Morgan fingerprint density at radius 3 is 1.97 bits per heavy atom. The van der Waals surface area contributed by atoms with Crippen LogP contribution in [0.5, 0.6) is 17.2 Å². The lowest BCUT2D eigenvalue weighted by molar-refractivity contribution is -0.147. The van der Waals surface area contributed by atoms with Gasteiger partial charge in [0.2, 0.25) is 5.91 Å². The summed E-state index contributed by atoms with van der Waals surface area (Å²) in [6, 6.07) is 20.5. The van der Waals surface area contributed by atoms with E-state index in [0.29, 0.717) is 33.6 Å². The van der Waals surface area contributed by atoms with Gasteiger partial charge in [-0.3, -0.25) is 14.4 Å². The van der Waals surface area contributed by atoms with Crippen LogP contribution in [0.15, 0.2) is 72.8 Å². The third kappa shape index (κ3) is 7.83. The van der Waals surface area contributed by atoms with E-state index in [-0.39, 0.29) is 18.7 Å². The van der Waals surface area contributed by atoms with E-state index in [2.05, 4.69) is 10.6 Å². The van der Waals surface area contributed by atoms with E-state index in [1.165, 1.54) is 0 Å². The molecule has 3 rings (SSSR count). The molecule has 0 aliphatic carbocycles. The van der Waals surface area contributed by atoms with Crippen LogP contribution in [0.3, 0.4) is 0 Å². The van der Waals surface area contributed by atoms with Gasteiger partial charge < -0.3 is 24.8 Å². The molecule has 0 unspecified atom stereocenters. The fourth-order valence-corrected chi connectivity index (χ4v) is 2.96. The molecule has 0 heterocycles. The molecule has 0 fully saturated rings. The molecule has 2 N–H and O–H groups in total. The van der Waals surface area contributed by atoms with Crippen molar-refractivity contribution in [3.8, 4) is 17.2 Å². The highest BCUT2D eigenvalue weighted by molar-refractivity contribution is 6.32. The predicted molar refractivity (Wildman–Crippen MR) is 128 cm³/mol. The number of ether oxygens (including phenoxy) is 3. The first-order valence-electron chi connectivity index (χ1n) is 10.3. The normalized spacial score (nSPS) is 10.2. The van der Waals surface area contributed by atoms with Crippen LogP contribution in [0.1, 0.15) is 12.8 Å². The van der Waals surface area contributed by atoms with Gasteiger partial charge in [0, 0.05) is 17.8 Å². The smallest absolute Gasteiger partial charge is 0.306 e. The summed E-state index contributed by atoms with van der Waals surface area (Å²) in [6.45, 7) is -0.445. The van der Waals surface area contributed by atoms with E-state index in [1.54, 1.807) is 73.8 Å². The fourth-order valence-electron chi connectivity index (χ4n) is 2.79. The molecule has 0 aliphatic rings. The van der Waals surface area contributed by atoms with Gasteiger partial charge in [-0.1, -0.05) is 23.7 Å². The topological polar surface area (TPSA) is 103 Å². The molecular weight excluding hydrogens is 460 g/mol. The van der Waals surface area contributed by atoms with Crippen LogP contribution in [-0.2, 0) is 19.1 Å². The molecule has 34 heavy (non-hydrogen) atoms. The Hall–Kier alpha value is -4.04. The number of hydrogen-bond donors (Lipinski definition) is 2. The molecular formula is C25H23ClN2O6. The van der Waals surface area contributed by atoms with Gasteiger partial charge in [-0.2, -0.15) is 0 Å². The van der Waals surface area contributed by atoms with Crippen LogP contribution in [0.2, 0.25) is 5.02 Å². The number of nitrogens with one attached hydrogen (secondary N) is 2.